The summed E-state index contributed by atoms with van der Waals surface area (Å²) in [5.41, 5.74) is -0.227. The first-order chi connectivity index (χ1) is 12.1. The van der Waals surface area contributed by atoms with E-state index in [1.165, 1.54) is 23.1 Å². The zero-order valence-electron chi connectivity index (χ0n) is 13.8. The molecule has 25 heavy (non-hydrogen) atoms. The third kappa shape index (κ3) is 2.93. The highest BCUT2D eigenvalue weighted by atomic mass is 19.1. The van der Waals surface area contributed by atoms with Crippen LogP contribution in [0.1, 0.15) is 31.0 Å². The van der Waals surface area contributed by atoms with Gasteiger partial charge in [0.05, 0.1) is 6.04 Å². The highest BCUT2D eigenvalue weighted by molar-refractivity contribution is 5.99. The molecule has 1 N–H and O–H groups in total. The number of nitrogens with one attached hydrogen (secondary N) is 1. The zero-order chi connectivity index (χ0) is 17.4. The van der Waals surface area contributed by atoms with Crippen LogP contribution in [0.25, 0.3) is 0 Å². The first kappa shape index (κ1) is 16.2. The number of benzene rings is 1. The number of hydrogen-bond donors (Lipinski definition) is 1. The van der Waals surface area contributed by atoms with Gasteiger partial charge in [0, 0.05) is 31.4 Å². The number of rotatable bonds is 3. The second-order valence-electron chi connectivity index (χ2n) is 6.67. The summed E-state index contributed by atoms with van der Waals surface area (Å²) in [5.74, 6) is -0.408. The van der Waals surface area contributed by atoms with Crippen molar-refractivity contribution in [3.63, 3.8) is 0 Å². The number of halogens is 2. The number of imidazole rings is 1. The number of hydrogen-bond acceptors (Lipinski definition) is 3. The van der Waals surface area contributed by atoms with Crippen LogP contribution < -0.4 is 4.90 Å². The van der Waals surface area contributed by atoms with Gasteiger partial charge >= 0.3 is 0 Å². The lowest BCUT2D eigenvalue weighted by atomic mass is 9.95. The smallest absolute Gasteiger partial charge is 0.244 e. The maximum absolute atomic E-state index is 14.0. The van der Waals surface area contributed by atoms with E-state index in [-0.39, 0.29) is 23.6 Å². The number of likely N-dealkylation sites (tertiary alicyclic amines) is 1. The molecule has 0 bridgehead atoms. The van der Waals surface area contributed by atoms with Gasteiger partial charge in [0.25, 0.3) is 0 Å². The lowest BCUT2D eigenvalue weighted by Gasteiger charge is -2.35. The summed E-state index contributed by atoms with van der Waals surface area (Å²) >= 11 is 0. The number of aromatic nitrogens is 2. The summed E-state index contributed by atoms with van der Waals surface area (Å²) in [6, 6.07) is 3.36. The minimum absolute atomic E-state index is 0.218. The molecule has 0 radical (unpaired) electrons. The minimum Gasteiger partial charge on any atom is -0.348 e. The lowest BCUT2D eigenvalue weighted by Crippen LogP contribution is -2.46. The van der Waals surface area contributed by atoms with Gasteiger partial charge < -0.3 is 9.88 Å². The molecule has 7 heteroatoms. The molecule has 1 aromatic heterocycles. The van der Waals surface area contributed by atoms with Gasteiger partial charge in [0.15, 0.2) is 0 Å². The normalized spacial score (nSPS) is 24.9. The van der Waals surface area contributed by atoms with Crippen LogP contribution in [-0.2, 0) is 4.79 Å². The highest BCUT2D eigenvalue weighted by Crippen LogP contribution is 2.32. The quantitative estimate of drug-likeness (QED) is 0.930. The molecule has 2 aliphatic rings. The fourth-order valence-electron chi connectivity index (χ4n) is 3.99. The first-order valence-corrected chi connectivity index (χ1v) is 8.64. The number of anilines is 1. The van der Waals surface area contributed by atoms with Crippen LogP contribution in [0.15, 0.2) is 30.6 Å². The van der Waals surface area contributed by atoms with Crippen LogP contribution in [0.4, 0.5) is 14.5 Å². The van der Waals surface area contributed by atoms with Crippen LogP contribution in [-0.4, -0.2) is 46.5 Å². The predicted molar refractivity (Wildman–Crippen MR) is 89.3 cm³/mol. The van der Waals surface area contributed by atoms with Gasteiger partial charge in [-0.2, -0.15) is 0 Å². The molecular formula is C18H20F2N4O. The van der Waals surface area contributed by atoms with Crippen molar-refractivity contribution in [1.82, 2.24) is 14.9 Å². The predicted octanol–water partition coefficient (Wildman–Crippen LogP) is 2.67. The maximum Gasteiger partial charge on any atom is 0.244 e. The largest absolute Gasteiger partial charge is 0.348 e. The molecule has 2 aliphatic heterocycles. The molecule has 4 rings (SSSR count). The summed E-state index contributed by atoms with van der Waals surface area (Å²) in [5, 5.41) is 0. The van der Waals surface area contributed by atoms with Crippen molar-refractivity contribution < 1.29 is 13.6 Å². The van der Waals surface area contributed by atoms with E-state index in [9.17, 15) is 13.6 Å². The first-order valence-electron chi connectivity index (χ1n) is 8.64. The molecular weight excluding hydrogens is 326 g/mol. The van der Waals surface area contributed by atoms with Crippen molar-refractivity contribution in [1.29, 1.82) is 0 Å². The Morgan fingerprint density at radius 3 is 2.68 bits per heavy atom. The van der Waals surface area contributed by atoms with Gasteiger partial charge in [-0.15, -0.1) is 0 Å². The number of amides is 1. The average molecular weight is 346 g/mol. The Kier molecular flexibility index (Phi) is 4.25. The molecule has 5 nitrogen and oxygen atoms in total. The average Bonchev–Trinajstić information content (AvgIpc) is 3.26. The number of carbonyl (C=O) groups excluding carboxylic acids is 1. The fraction of sp³-hybridized carbons (Fsp3) is 0.444. The molecule has 2 saturated heterocycles. The van der Waals surface area contributed by atoms with Crippen molar-refractivity contribution in [3.05, 3.63) is 48.1 Å². The number of nitrogens with zero attached hydrogens (tertiary/aromatic N) is 3. The van der Waals surface area contributed by atoms with Gasteiger partial charge in [0.2, 0.25) is 5.91 Å². The molecule has 0 saturated carbocycles. The minimum atomic E-state index is -0.693. The van der Waals surface area contributed by atoms with Crippen LogP contribution >= 0.6 is 0 Å². The Morgan fingerprint density at radius 2 is 1.96 bits per heavy atom. The topological polar surface area (TPSA) is 52.2 Å². The number of para-hydroxylation sites is 1. The number of aromatic amines is 1. The van der Waals surface area contributed by atoms with Gasteiger partial charge in [-0.05, 0) is 37.9 Å². The lowest BCUT2D eigenvalue weighted by molar-refractivity contribution is -0.122. The van der Waals surface area contributed by atoms with Crippen LogP contribution in [0, 0.1) is 11.6 Å². The highest BCUT2D eigenvalue weighted by Gasteiger charge is 2.40. The summed E-state index contributed by atoms with van der Waals surface area (Å²) in [7, 11) is 0. The summed E-state index contributed by atoms with van der Waals surface area (Å²) in [4.78, 5) is 23.7. The van der Waals surface area contributed by atoms with E-state index >= 15 is 0 Å². The summed E-state index contributed by atoms with van der Waals surface area (Å²) < 4.78 is 28.1. The Bertz CT molecular complexity index is 744. The molecule has 0 aliphatic carbocycles. The van der Waals surface area contributed by atoms with Gasteiger partial charge in [-0.1, -0.05) is 6.07 Å². The number of piperidine rings is 1. The molecule has 2 atom stereocenters. The zero-order valence-corrected chi connectivity index (χ0v) is 13.8. The third-order valence-corrected chi connectivity index (χ3v) is 5.18. The SMILES string of the molecule is O=C1[C@H](N2CCC[C@@H](c3ncc[nH]3)C2)CCN1c1c(F)cccc1F. The Morgan fingerprint density at radius 1 is 1.16 bits per heavy atom. The molecule has 0 spiro atoms. The van der Waals surface area contributed by atoms with E-state index in [1.54, 1.807) is 12.4 Å². The van der Waals surface area contributed by atoms with Crippen LogP contribution in [0.3, 0.4) is 0 Å². The number of carbonyl (C=O) groups is 1. The van der Waals surface area contributed by atoms with Gasteiger partial charge in [0.1, 0.15) is 23.1 Å². The van der Waals surface area contributed by atoms with Crippen LogP contribution in [0.2, 0.25) is 0 Å². The van der Waals surface area contributed by atoms with Crippen molar-refractivity contribution in [2.75, 3.05) is 24.5 Å². The van der Waals surface area contributed by atoms with E-state index in [1.807, 2.05) is 0 Å². The van der Waals surface area contributed by atoms with Crippen molar-refractivity contribution in [2.24, 2.45) is 0 Å². The number of H-pyrrole nitrogens is 1. The molecule has 2 fully saturated rings. The molecule has 3 heterocycles. The Hall–Kier alpha value is -2.28. The Balaban J connectivity index is 1.52. The molecule has 1 aromatic carbocycles. The summed E-state index contributed by atoms with van der Waals surface area (Å²) in [6.07, 6.45) is 6.12. The van der Waals surface area contributed by atoms with Gasteiger partial charge in [-0.25, -0.2) is 13.8 Å². The maximum atomic E-state index is 14.0. The van der Waals surface area contributed by atoms with E-state index in [0.717, 1.165) is 31.8 Å². The second-order valence-corrected chi connectivity index (χ2v) is 6.67. The molecule has 2 aromatic rings. The van der Waals surface area contributed by atoms with Crippen molar-refractivity contribution in [2.45, 2.75) is 31.2 Å². The van der Waals surface area contributed by atoms with Crippen molar-refractivity contribution >= 4 is 11.6 Å². The third-order valence-electron chi connectivity index (χ3n) is 5.18. The van der Waals surface area contributed by atoms with E-state index < -0.39 is 11.6 Å². The van der Waals surface area contributed by atoms with Crippen LogP contribution in [0.5, 0.6) is 0 Å². The van der Waals surface area contributed by atoms with E-state index in [2.05, 4.69) is 14.9 Å². The molecule has 1 amide bonds. The van der Waals surface area contributed by atoms with E-state index in [4.69, 9.17) is 0 Å². The molecule has 132 valence electrons. The fourth-order valence-corrected chi connectivity index (χ4v) is 3.99. The molecule has 0 unspecified atom stereocenters. The monoisotopic (exact) mass is 346 g/mol. The second kappa shape index (κ2) is 6.55. The standard InChI is InChI=1S/C18H20F2N4O/c19-13-4-1-5-14(20)16(13)24-10-6-15(18(24)25)23-9-2-3-12(11-23)17-21-7-8-22-17/h1,4-5,7-8,12,15H,2-3,6,9-11H2,(H,21,22)/t12-,15-/m1/s1. The van der Waals surface area contributed by atoms with E-state index in [0.29, 0.717) is 13.0 Å². The Labute approximate surface area is 144 Å². The summed E-state index contributed by atoms with van der Waals surface area (Å²) in [6.45, 7) is 1.89. The van der Waals surface area contributed by atoms with Gasteiger partial charge in [-0.3, -0.25) is 9.69 Å². The van der Waals surface area contributed by atoms with Crippen molar-refractivity contribution in [3.8, 4) is 0 Å².